The van der Waals surface area contributed by atoms with Crippen LogP contribution in [-0.2, 0) is 11.3 Å². The fourth-order valence-electron chi connectivity index (χ4n) is 1.34. The van der Waals surface area contributed by atoms with Gasteiger partial charge in [-0.1, -0.05) is 17.8 Å². The van der Waals surface area contributed by atoms with Gasteiger partial charge in [-0.25, -0.2) is 15.0 Å². The van der Waals surface area contributed by atoms with Gasteiger partial charge in [-0.2, -0.15) is 0 Å². The molecule has 0 aromatic carbocycles. The first-order valence-corrected chi connectivity index (χ1v) is 6.60. The second-order valence-electron chi connectivity index (χ2n) is 3.64. The highest BCUT2D eigenvalue weighted by atomic mass is 32.2. The third-order valence-electron chi connectivity index (χ3n) is 2.28. The largest absolute Gasteiger partial charge is 0.383 e. The van der Waals surface area contributed by atoms with Gasteiger partial charge in [-0.05, 0) is 12.1 Å². The Morgan fingerprint density at radius 2 is 1.95 bits per heavy atom. The monoisotopic (exact) mass is 275 g/mol. The van der Waals surface area contributed by atoms with Crippen LogP contribution in [0.25, 0.3) is 0 Å². The van der Waals surface area contributed by atoms with Gasteiger partial charge in [0.2, 0.25) is 5.91 Å². The van der Waals surface area contributed by atoms with E-state index in [1.54, 1.807) is 30.7 Å². The molecule has 3 N–H and O–H groups in total. The molecular weight excluding hydrogens is 262 g/mol. The highest BCUT2D eigenvalue weighted by Gasteiger charge is 2.05. The molecule has 98 valence electrons. The molecule has 2 heterocycles. The smallest absolute Gasteiger partial charge is 0.230 e. The van der Waals surface area contributed by atoms with E-state index < -0.39 is 0 Å². The summed E-state index contributed by atoms with van der Waals surface area (Å²) >= 11 is 1.29. The van der Waals surface area contributed by atoms with Crippen molar-refractivity contribution in [3.63, 3.8) is 0 Å². The van der Waals surface area contributed by atoms with E-state index in [4.69, 9.17) is 5.73 Å². The lowest BCUT2D eigenvalue weighted by Crippen LogP contribution is -2.25. The van der Waals surface area contributed by atoms with Gasteiger partial charge < -0.3 is 11.1 Å². The van der Waals surface area contributed by atoms with Gasteiger partial charge in [0.1, 0.15) is 5.82 Å². The maximum atomic E-state index is 11.7. The number of amides is 1. The number of pyridine rings is 1. The number of thioether (sulfide) groups is 1. The van der Waals surface area contributed by atoms with Gasteiger partial charge >= 0.3 is 0 Å². The van der Waals surface area contributed by atoms with Gasteiger partial charge in [0.05, 0.1) is 5.75 Å². The van der Waals surface area contributed by atoms with Crippen molar-refractivity contribution in [3.05, 3.63) is 42.4 Å². The minimum Gasteiger partial charge on any atom is -0.383 e. The lowest BCUT2D eigenvalue weighted by atomic mass is 10.2. The van der Waals surface area contributed by atoms with Crippen LogP contribution in [0.3, 0.4) is 0 Å². The molecule has 0 fully saturated rings. The number of carbonyl (C=O) groups is 1. The van der Waals surface area contributed by atoms with Crippen molar-refractivity contribution in [1.29, 1.82) is 0 Å². The zero-order valence-corrected chi connectivity index (χ0v) is 10.9. The van der Waals surface area contributed by atoms with E-state index in [0.717, 1.165) is 5.56 Å². The topological polar surface area (TPSA) is 93.8 Å². The summed E-state index contributed by atoms with van der Waals surface area (Å²) in [7, 11) is 0. The van der Waals surface area contributed by atoms with E-state index in [-0.39, 0.29) is 11.7 Å². The zero-order chi connectivity index (χ0) is 13.5. The molecule has 0 saturated heterocycles. The molecule has 0 aliphatic carbocycles. The summed E-state index contributed by atoms with van der Waals surface area (Å²) in [5.41, 5.74) is 6.49. The predicted molar refractivity (Wildman–Crippen MR) is 73.3 cm³/mol. The molecule has 0 unspecified atom stereocenters. The van der Waals surface area contributed by atoms with Crippen LogP contribution >= 0.6 is 11.8 Å². The lowest BCUT2D eigenvalue weighted by molar-refractivity contribution is -0.118. The number of nitrogen functional groups attached to an aromatic ring is 1. The van der Waals surface area contributed by atoms with Crippen molar-refractivity contribution in [2.24, 2.45) is 0 Å². The Balaban J connectivity index is 1.78. The number of rotatable bonds is 5. The Morgan fingerprint density at radius 1 is 1.21 bits per heavy atom. The predicted octanol–water partition coefficient (Wildman–Crippen LogP) is 0.862. The molecule has 1 amide bonds. The van der Waals surface area contributed by atoms with Gasteiger partial charge in [0, 0.05) is 30.7 Å². The number of anilines is 1. The summed E-state index contributed by atoms with van der Waals surface area (Å²) < 4.78 is 0. The number of nitrogens with one attached hydrogen (secondary N) is 1. The summed E-state index contributed by atoms with van der Waals surface area (Å²) in [6.45, 7) is 0.370. The Labute approximate surface area is 114 Å². The number of nitrogens with zero attached hydrogens (tertiary/aromatic N) is 3. The van der Waals surface area contributed by atoms with Crippen molar-refractivity contribution in [2.75, 3.05) is 11.5 Å². The summed E-state index contributed by atoms with van der Waals surface area (Å²) in [5, 5.41) is 3.36. The van der Waals surface area contributed by atoms with Crippen LogP contribution < -0.4 is 11.1 Å². The average molecular weight is 275 g/mol. The molecular formula is C12H13N5OS. The molecule has 0 bridgehead atoms. The molecule has 19 heavy (non-hydrogen) atoms. The molecule has 0 atom stereocenters. The highest BCUT2D eigenvalue weighted by molar-refractivity contribution is 7.99. The van der Waals surface area contributed by atoms with Gasteiger partial charge in [0.25, 0.3) is 0 Å². The molecule has 6 nitrogen and oxygen atoms in total. The van der Waals surface area contributed by atoms with Crippen LogP contribution in [0.15, 0.2) is 41.9 Å². The molecule has 0 radical (unpaired) electrons. The van der Waals surface area contributed by atoms with Crippen LogP contribution in [0.4, 0.5) is 5.82 Å². The first-order valence-electron chi connectivity index (χ1n) is 5.61. The first-order chi connectivity index (χ1) is 9.25. The molecule has 2 rings (SSSR count). The van der Waals surface area contributed by atoms with E-state index >= 15 is 0 Å². The maximum Gasteiger partial charge on any atom is 0.230 e. The normalized spacial score (nSPS) is 10.1. The van der Waals surface area contributed by atoms with Crippen LogP contribution in [0.2, 0.25) is 0 Å². The fourth-order valence-corrected chi connectivity index (χ4v) is 1.97. The Morgan fingerprint density at radius 3 is 2.68 bits per heavy atom. The molecule has 0 saturated carbocycles. The maximum absolute atomic E-state index is 11.7. The third-order valence-corrected chi connectivity index (χ3v) is 3.15. The van der Waals surface area contributed by atoms with Crippen LogP contribution in [0.1, 0.15) is 5.56 Å². The van der Waals surface area contributed by atoms with E-state index in [0.29, 0.717) is 17.5 Å². The number of nitrogens with two attached hydrogens (primary N) is 1. The van der Waals surface area contributed by atoms with Crippen LogP contribution in [0, 0.1) is 0 Å². The summed E-state index contributed by atoms with van der Waals surface area (Å²) in [6, 6.07) is 5.34. The lowest BCUT2D eigenvalue weighted by Gasteiger charge is -2.06. The number of aromatic nitrogens is 3. The minimum absolute atomic E-state index is 0.0966. The third kappa shape index (κ3) is 4.22. The molecule has 0 aliphatic heterocycles. The van der Waals surface area contributed by atoms with Crippen molar-refractivity contribution in [2.45, 2.75) is 11.7 Å². The molecule has 2 aromatic heterocycles. The Bertz CT molecular complexity index is 549. The molecule has 0 spiro atoms. The fraction of sp³-hybridized carbons (Fsp3) is 0.167. The summed E-state index contributed by atoms with van der Waals surface area (Å²) in [5.74, 6) is 0.604. The standard InChI is InChI=1S/C12H13N5OS/c13-11-9(3-1-4-14-11)7-17-10(18)8-19-12-15-5-2-6-16-12/h1-6H,7-8H2,(H2,13,14)(H,17,18). The van der Waals surface area contributed by atoms with Crippen LogP contribution in [-0.4, -0.2) is 26.6 Å². The second kappa shape index (κ2) is 6.69. The Hall–Kier alpha value is -2.15. The van der Waals surface area contributed by atoms with E-state index in [1.165, 1.54) is 11.8 Å². The molecule has 2 aromatic rings. The zero-order valence-electron chi connectivity index (χ0n) is 10.1. The van der Waals surface area contributed by atoms with Gasteiger partial charge in [0.15, 0.2) is 5.16 Å². The minimum atomic E-state index is -0.0966. The van der Waals surface area contributed by atoms with E-state index in [9.17, 15) is 4.79 Å². The summed E-state index contributed by atoms with van der Waals surface area (Å²) in [6.07, 6.45) is 4.90. The Kier molecular flexibility index (Phi) is 4.68. The molecule has 0 aliphatic rings. The van der Waals surface area contributed by atoms with Crippen molar-refractivity contribution >= 4 is 23.5 Å². The van der Waals surface area contributed by atoms with Gasteiger partial charge in [-0.15, -0.1) is 0 Å². The number of carbonyl (C=O) groups excluding carboxylic acids is 1. The number of hydrogen-bond donors (Lipinski definition) is 2. The quantitative estimate of drug-likeness (QED) is 0.621. The van der Waals surface area contributed by atoms with E-state index in [2.05, 4.69) is 20.3 Å². The number of hydrogen-bond acceptors (Lipinski definition) is 6. The van der Waals surface area contributed by atoms with Gasteiger partial charge in [-0.3, -0.25) is 4.79 Å². The van der Waals surface area contributed by atoms with Crippen molar-refractivity contribution < 1.29 is 4.79 Å². The first kappa shape index (κ1) is 13.3. The van der Waals surface area contributed by atoms with Crippen molar-refractivity contribution in [1.82, 2.24) is 20.3 Å². The second-order valence-corrected chi connectivity index (χ2v) is 4.59. The van der Waals surface area contributed by atoms with Crippen LogP contribution in [0.5, 0.6) is 0 Å². The summed E-state index contributed by atoms with van der Waals surface area (Å²) in [4.78, 5) is 23.7. The average Bonchev–Trinajstić information content (AvgIpc) is 2.45. The van der Waals surface area contributed by atoms with Crippen molar-refractivity contribution in [3.8, 4) is 0 Å². The van der Waals surface area contributed by atoms with E-state index in [1.807, 2.05) is 6.07 Å². The molecule has 7 heteroatoms. The SMILES string of the molecule is Nc1ncccc1CNC(=O)CSc1ncccn1. The highest BCUT2D eigenvalue weighted by Crippen LogP contribution is 2.10.